The number of benzene rings is 1. The number of aldehydes is 1. The fraction of sp³-hybridized carbons (Fsp3) is 0.476. The molecule has 0 saturated heterocycles. The summed E-state index contributed by atoms with van der Waals surface area (Å²) in [4.78, 5) is 30.6. The number of hydrogen-bond donors (Lipinski definition) is 0. The van der Waals surface area contributed by atoms with Crippen molar-refractivity contribution in [2.24, 2.45) is 11.8 Å². The first-order valence-corrected chi connectivity index (χ1v) is 10.5. The van der Waals surface area contributed by atoms with Gasteiger partial charge >= 0.3 is 0 Å². The molecule has 0 amide bonds. The van der Waals surface area contributed by atoms with Crippen molar-refractivity contribution in [1.29, 1.82) is 0 Å². The largest absolute Gasteiger partial charge is 0.302 e. The molecule has 2 aromatic rings. The van der Waals surface area contributed by atoms with E-state index in [1.54, 1.807) is 11.3 Å². The molecule has 1 aliphatic carbocycles. The fourth-order valence-corrected chi connectivity index (χ4v) is 4.97. The summed E-state index contributed by atoms with van der Waals surface area (Å²) in [7, 11) is 0. The second-order valence-corrected chi connectivity index (χ2v) is 8.69. The molecule has 26 heavy (non-hydrogen) atoms. The number of aromatic nitrogens is 1. The van der Waals surface area contributed by atoms with Crippen molar-refractivity contribution in [1.82, 2.24) is 4.98 Å². The minimum atomic E-state index is -0.738. The Morgan fingerprint density at radius 3 is 2.69 bits per heavy atom. The maximum atomic E-state index is 13.0. The average Bonchev–Trinajstić information content (AvgIpc) is 3.07. The topological polar surface area (TPSA) is 47.0 Å². The number of nitrogens with zero attached hydrogens (tertiary/aromatic N) is 1. The number of thiazole rings is 1. The van der Waals surface area contributed by atoms with Crippen LogP contribution in [0.15, 0.2) is 24.3 Å². The van der Waals surface area contributed by atoms with Crippen LogP contribution in [-0.4, -0.2) is 17.1 Å². The van der Waals surface area contributed by atoms with E-state index < -0.39 is 5.92 Å². The third-order valence-corrected chi connectivity index (χ3v) is 6.73. The summed E-state index contributed by atoms with van der Waals surface area (Å²) in [5.41, 5.74) is 1.62. The van der Waals surface area contributed by atoms with Gasteiger partial charge in [-0.25, -0.2) is 4.98 Å². The molecule has 0 spiro atoms. The summed E-state index contributed by atoms with van der Waals surface area (Å²) in [6.45, 7) is 4.23. The number of carbonyl (C=O) groups excluding carboxylic acids is 2. The third-order valence-electron chi connectivity index (χ3n) is 5.22. The minimum absolute atomic E-state index is 0.0145. The molecule has 138 valence electrons. The van der Waals surface area contributed by atoms with E-state index in [0.29, 0.717) is 16.6 Å². The van der Waals surface area contributed by atoms with Crippen LogP contribution in [0.1, 0.15) is 56.0 Å². The van der Waals surface area contributed by atoms with Crippen molar-refractivity contribution in [3.05, 3.63) is 39.9 Å². The van der Waals surface area contributed by atoms with Gasteiger partial charge in [-0.15, -0.1) is 11.3 Å². The number of carbonyl (C=O) groups is 2. The zero-order chi connectivity index (χ0) is 18.7. The van der Waals surface area contributed by atoms with Gasteiger partial charge in [0.15, 0.2) is 5.78 Å². The molecule has 3 nitrogen and oxygen atoms in total. The van der Waals surface area contributed by atoms with Gasteiger partial charge < -0.3 is 4.79 Å². The van der Waals surface area contributed by atoms with Crippen LogP contribution >= 0.6 is 22.9 Å². The fourth-order valence-electron chi connectivity index (χ4n) is 3.79. The molecule has 1 aromatic heterocycles. The standard InChI is InChI=1S/C21H24ClNO2S/c1-3-18-19(23-21(26-18)14-7-9-16(22)10-8-14)17(12-24)20(25)15-6-4-5-13(2)11-15/h7-10,12-13,15,17H,3-6,11H2,1-2H3. The molecule has 3 unspecified atom stereocenters. The smallest absolute Gasteiger partial charge is 0.152 e. The summed E-state index contributed by atoms with van der Waals surface area (Å²) < 4.78 is 0. The van der Waals surface area contributed by atoms with Crippen LogP contribution in [-0.2, 0) is 16.0 Å². The molecule has 0 bridgehead atoms. The van der Waals surface area contributed by atoms with E-state index >= 15 is 0 Å². The maximum absolute atomic E-state index is 13.0. The van der Waals surface area contributed by atoms with E-state index in [2.05, 4.69) is 6.92 Å². The van der Waals surface area contributed by atoms with Crippen LogP contribution in [0.2, 0.25) is 5.02 Å². The molecular formula is C21H24ClNO2S. The van der Waals surface area contributed by atoms with E-state index in [0.717, 1.165) is 47.4 Å². The molecule has 0 N–H and O–H groups in total. The van der Waals surface area contributed by atoms with Crippen LogP contribution in [0.4, 0.5) is 0 Å². The minimum Gasteiger partial charge on any atom is -0.302 e. The molecule has 0 radical (unpaired) electrons. The van der Waals surface area contributed by atoms with E-state index in [4.69, 9.17) is 16.6 Å². The number of halogens is 1. The Kier molecular flexibility index (Phi) is 6.25. The highest BCUT2D eigenvalue weighted by Crippen LogP contribution is 2.36. The van der Waals surface area contributed by atoms with Crippen LogP contribution in [0.3, 0.4) is 0 Å². The molecule has 1 fully saturated rings. The van der Waals surface area contributed by atoms with Gasteiger partial charge in [-0.3, -0.25) is 4.79 Å². The van der Waals surface area contributed by atoms with Crippen molar-refractivity contribution in [2.75, 3.05) is 0 Å². The first-order valence-electron chi connectivity index (χ1n) is 9.28. The lowest BCUT2D eigenvalue weighted by Gasteiger charge is -2.27. The molecule has 3 rings (SSSR count). The lowest BCUT2D eigenvalue weighted by atomic mass is 9.77. The van der Waals surface area contributed by atoms with Gasteiger partial charge in [0.1, 0.15) is 17.2 Å². The van der Waals surface area contributed by atoms with Crippen LogP contribution in [0, 0.1) is 11.8 Å². The Morgan fingerprint density at radius 1 is 1.35 bits per heavy atom. The number of Topliss-reactive ketones (excluding diaryl/α,β-unsaturated/α-hetero) is 1. The number of ketones is 1. The number of hydrogen-bond acceptors (Lipinski definition) is 4. The zero-order valence-corrected chi connectivity index (χ0v) is 16.8. The second kappa shape index (κ2) is 8.45. The number of rotatable bonds is 6. The Labute approximate surface area is 163 Å². The molecule has 3 atom stereocenters. The first-order chi connectivity index (χ1) is 12.5. The predicted molar refractivity (Wildman–Crippen MR) is 107 cm³/mol. The maximum Gasteiger partial charge on any atom is 0.152 e. The lowest BCUT2D eigenvalue weighted by Crippen LogP contribution is -2.28. The van der Waals surface area contributed by atoms with Crippen molar-refractivity contribution in [2.45, 2.75) is 51.9 Å². The van der Waals surface area contributed by atoms with Crippen LogP contribution in [0.5, 0.6) is 0 Å². The van der Waals surface area contributed by atoms with Crippen molar-refractivity contribution in [3.63, 3.8) is 0 Å². The summed E-state index contributed by atoms with van der Waals surface area (Å²) in [5.74, 6) is -0.151. The lowest BCUT2D eigenvalue weighted by molar-refractivity contribution is -0.128. The van der Waals surface area contributed by atoms with Crippen LogP contribution < -0.4 is 0 Å². The number of aryl methyl sites for hydroxylation is 1. The Morgan fingerprint density at radius 2 is 2.08 bits per heavy atom. The molecule has 1 aliphatic rings. The Hall–Kier alpha value is -1.52. The third kappa shape index (κ3) is 4.07. The van der Waals surface area contributed by atoms with Gasteiger partial charge in [0, 0.05) is 21.4 Å². The molecule has 0 aliphatic heterocycles. The van der Waals surface area contributed by atoms with E-state index in [-0.39, 0.29) is 11.7 Å². The molecular weight excluding hydrogens is 366 g/mol. The quantitative estimate of drug-likeness (QED) is 0.470. The van der Waals surface area contributed by atoms with E-state index in [1.807, 2.05) is 31.2 Å². The van der Waals surface area contributed by atoms with Gasteiger partial charge in [0.05, 0.1) is 5.69 Å². The van der Waals surface area contributed by atoms with Gasteiger partial charge in [-0.05, 0) is 37.3 Å². The SMILES string of the molecule is CCc1sc(-c2ccc(Cl)cc2)nc1C(C=O)C(=O)C1CCCC(C)C1. The van der Waals surface area contributed by atoms with Gasteiger partial charge in [-0.1, -0.05) is 50.4 Å². The summed E-state index contributed by atoms with van der Waals surface area (Å²) >= 11 is 7.53. The Bertz CT molecular complexity index is 784. The summed E-state index contributed by atoms with van der Waals surface area (Å²) in [5, 5.41) is 1.51. The monoisotopic (exact) mass is 389 g/mol. The first kappa shape index (κ1) is 19.2. The Balaban J connectivity index is 1.91. The normalized spacial score (nSPS) is 21.3. The summed E-state index contributed by atoms with van der Waals surface area (Å²) in [6, 6.07) is 7.50. The molecule has 1 saturated carbocycles. The molecule has 1 heterocycles. The average molecular weight is 390 g/mol. The van der Waals surface area contributed by atoms with Gasteiger partial charge in [0.2, 0.25) is 0 Å². The second-order valence-electron chi connectivity index (χ2n) is 7.17. The zero-order valence-electron chi connectivity index (χ0n) is 15.2. The van der Waals surface area contributed by atoms with Crippen molar-refractivity contribution in [3.8, 4) is 10.6 Å². The predicted octanol–water partition coefficient (Wildman–Crippen LogP) is 5.70. The van der Waals surface area contributed by atoms with E-state index in [1.165, 1.54) is 6.42 Å². The van der Waals surface area contributed by atoms with Crippen molar-refractivity contribution >= 4 is 35.0 Å². The molecule has 5 heteroatoms. The van der Waals surface area contributed by atoms with E-state index in [9.17, 15) is 9.59 Å². The van der Waals surface area contributed by atoms with Gasteiger partial charge in [-0.2, -0.15) is 0 Å². The highest BCUT2D eigenvalue weighted by atomic mass is 35.5. The van der Waals surface area contributed by atoms with Crippen molar-refractivity contribution < 1.29 is 9.59 Å². The highest BCUT2D eigenvalue weighted by Gasteiger charge is 2.33. The van der Waals surface area contributed by atoms with Crippen LogP contribution in [0.25, 0.3) is 10.6 Å². The van der Waals surface area contributed by atoms with Gasteiger partial charge in [0.25, 0.3) is 0 Å². The highest BCUT2D eigenvalue weighted by molar-refractivity contribution is 7.15. The summed E-state index contributed by atoms with van der Waals surface area (Å²) in [6.07, 6.45) is 5.58. The molecule has 1 aromatic carbocycles.